The molecule has 1 aliphatic heterocycles. The molecule has 0 aromatic carbocycles. The van der Waals surface area contributed by atoms with Gasteiger partial charge in [0.25, 0.3) is 0 Å². The Morgan fingerprint density at radius 1 is 1.47 bits per heavy atom. The van der Waals surface area contributed by atoms with E-state index in [1.807, 2.05) is 19.9 Å². The van der Waals surface area contributed by atoms with Crippen molar-refractivity contribution in [2.24, 2.45) is 0 Å². The van der Waals surface area contributed by atoms with E-state index >= 15 is 0 Å². The summed E-state index contributed by atoms with van der Waals surface area (Å²) in [6.45, 7) is 7.57. The minimum atomic E-state index is -0.423. The Morgan fingerprint density at radius 2 is 2.12 bits per heavy atom. The Kier molecular flexibility index (Phi) is 4.31. The topological polar surface area (TPSA) is 67.4 Å². The molecule has 1 unspecified atom stereocenters. The third-order valence-corrected chi connectivity index (χ3v) is 2.30. The first-order valence-corrected chi connectivity index (χ1v) is 5.56. The van der Waals surface area contributed by atoms with Crippen LogP contribution in [-0.4, -0.2) is 24.6 Å². The third-order valence-electron chi connectivity index (χ3n) is 2.30. The van der Waals surface area contributed by atoms with Crippen molar-refractivity contribution in [3.8, 4) is 0 Å². The van der Waals surface area contributed by atoms with Crippen LogP contribution >= 0.6 is 0 Å². The average molecular weight is 238 g/mol. The van der Waals surface area contributed by atoms with Gasteiger partial charge in [0.05, 0.1) is 18.2 Å². The summed E-state index contributed by atoms with van der Waals surface area (Å²) in [6, 6.07) is -0.731. The highest BCUT2D eigenvalue weighted by Gasteiger charge is 2.29. The summed E-state index contributed by atoms with van der Waals surface area (Å²) < 4.78 is 4.98. The van der Waals surface area contributed by atoms with E-state index in [1.165, 1.54) is 0 Å². The largest absolute Gasteiger partial charge is 0.463 e. The molecule has 94 valence electrons. The summed E-state index contributed by atoms with van der Waals surface area (Å²) >= 11 is 0. The predicted octanol–water partition coefficient (Wildman–Crippen LogP) is 1.47. The highest BCUT2D eigenvalue weighted by atomic mass is 16.5. The smallest absolute Gasteiger partial charge is 0.338 e. The van der Waals surface area contributed by atoms with Crippen molar-refractivity contribution < 1.29 is 14.3 Å². The van der Waals surface area contributed by atoms with Crippen LogP contribution in [0.4, 0.5) is 4.79 Å². The molecular formula is C12H18N2O3. The van der Waals surface area contributed by atoms with Crippen molar-refractivity contribution in [2.75, 3.05) is 6.61 Å². The number of rotatable bonds is 3. The number of esters is 1. The van der Waals surface area contributed by atoms with E-state index < -0.39 is 12.0 Å². The van der Waals surface area contributed by atoms with E-state index in [4.69, 9.17) is 4.74 Å². The number of carbonyl (C=O) groups excluding carboxylic acids is 2. The lowest BCUT2D eigenvalue weighted by Crippen LogP contribution is -2.49. The SMILES string of the molecule is CCOC(=O)C1=C(C)NC(=O)NC1C=C(C)C. The fourth-order valence-corrected chi connectivity index (χ4v) is 1.67. The lowest BCUT2D eigenvalue weighted by atomic mass is 10.0. The average Bonchev–Trinajstić information content (AvgIpc) is 2.15. The van der Waals surface area contributed by atoms with Gasteiger partial charge in [-0.3, -0.25) is 0 Å². The second kappa shape index (κ2) is 5.52. The summed E-state index contributed by atoms with van der Waals surface area (Å²) in [7, 11) is 0. The first kappa shape index (κ1) is 13.3. The number of nitrogens with one attached hydrogen (secondary N) is 2. The van der Waals surface area contributed by atoms with Crippen LogP contribution in [-0.2, 0) is 9.53 Å². The highest BCUT2D eigenvalue weighted by Crippen LogP contribution is 2.16. The fraction of sp³-hybridized carbons (Fsp3) is 0.500. The molecule has 0 aliphatic carbocycles. The van der Waals surface area contributed by atoms with Gasteiger partial charge in [-0.15, -0.1) is 0 Å². The normalized spacial score (nSPS) is 19.3. The predicted molar refractivity (Wildman–Crippen MR) is 64.2 cm³/mol. The van der Waals surface area contributed by atoms with Gasteiger partial charge in [0.1, 0.15) is 0 Å². The van der Waals surface area contributed by atoms with Gasteiger partial charge in [0.15, 0.2) is 0 Å². The second-order valence-electron chi connectivity index (χ2n) is 4.08. The maximum Gasteiger partial charge on any atom is 0.338 e. The molecule has 0 fully saturated rings. The minimum Gasteiger partial charge on any atom is -0.463 e. The molecule has 0 aromatic rings. The molecular weight excluding hydrogens is 220 g/mol. The Labute approximate surface area is 101 Å². The molecule has 1 atom stereocenters. The lowest BCUT2D eigenvalue weighted by molar-refractivity contribution is -0.138. The Balaban J connectivity index is 3.08. The van der Waals surface area contributed by atoms with Gasteiger partial charge >= 0.3 is 12.0 Å². The van der Waals surface area contributed by atoms with Gasteiger partial charge in [0, 0.05) is 5.70 Å². The number of ether oxygens (including phenoxy) is 1. The van der Waals surface area contributed by atoms with Crippen LogP contribution in [0.5, 0.6) is 0 Å². The van der Waals surface area contributed by atoms with Crippen molar-refractivity contribution in [3.05, 3.63) is 22.9 Å². The number of hydrogen-bond donors (Lipinski definition) is 2. The zero-order valence-electron chi connectivity index (χ0n) is 10.6. The maximum absolute atomic E-state index is 11.8. The number of urea groups is 1. The van der Waals surface area contributed by atoms with E-state index in [-0.39, 0.29) is 6.03 Å². The van der Waals surface area contributed by atoms with E-state index in [9.17, 15) is 9.59 Å². The third kappa shape index (κ3) is 3.34. The molecule has 5 heteroatoms. The van der Waals surface area contributed by atoms with Crippen LogP contribution in [0.3, 0.4) is 0 Å². The molecule has 2 amide bonds. The molecule has 0 spiro atoms. The molecule has 0 saturated heterocycles. The number of carbonyl (C=O) groups is 2. The van der Waals surface area contributed by atoms with Gasteiger partial charge in [-0.05, 0) is 27.7 Å². The summed E-state index contributed by atoms with van der Waals surface area (Å²) in [6.07, 6.45) is 1.83. The molecule has 0 radical (unpaired) electrons. The first-order chi connectivity index (χ1) is 7.95. The van der Waals surface area contributed by atoms with Crippen molar-refractivity contribution >= 4 is 12.0 Å². The maximum atomic E-state index is 11.8. The zero-order chi connectivity index (χ0) is 13.0. The first-order valence-electron chi connectivity index (χ1n) is 5.56. The van der Waals surface area contributed by atoms with Crippen LogP contribution in [0.25, 0.3) is 0 Å². The van der Waals surface area contributed by atoms with Gasteiger partial charge < -0.3 is 15.4 Å². The number of allylic oxidation sites excluding steroid dienone is 2. The van der Waals surface area contributed by atoms with Crippen LogP contribution in [0, 0.1) is 0 Å². The summed E-state index contributed by atoms with van der Waals surface area (Å²) in [5.74, 6) is -0.403. The molecule has 2 N–H and O–H groups in total. The van der Waals surface area contributed by atoms with Crippen LogP contribution in [0.1, 0.15) is 27.7 Å². The molecule has 17 heavy (non-hydrogen) atoms. The zero-order valence-corrected chi connectivity index (χ0v) is 10.6. The lowest BCUT2D eigenvalue weighted by Gasteiger charge is -2.25. The number of hydrogen-bond acceptors (Lipinski definition) is 3. The quantitative estimate of drug-likeness (QED) is 0.578. The Morgan fingerprint density at radius 3 is 2.65 bits per heavy atom. The van der Waals surface area contributed by atoms with Gasteiger partial charge in [-0.25, -0.2) is 9.59 Å². The van der Waals surface area contributed by atoms with Crippen molar-refractivity contribution in [3.63, 3.8) is 0 Å². The molecule has 1 rings (SSSR count). The van der Waals surface area contributed by atoms with Crippen molar-refractivity contribution in [1.82, 2.24) is 10.6 Å². The summed E-state index contributed by atoms with van der Waals surface area (Å²) in [4.78, 5) is 23.2. The van der Waals surface area contributed by atoms with Gasteiger partial charge in [0.2, 0.25) is 0 Å². The second-order valence-corrected chi connectivity index (χ2v) is 4.08. The monoisotopic (exact) mass is 238 g/mol. The Bertz CT molecular complexity index is 393. The molecule has 5 nitrogen and oxygen atoms in total. The van der Waals surface area contributed by atoms with Crippen molar-refractivity contribution in [1.29, 1.82) is 0 Å². The summed E-state index contributed by atoms with van der Waals surface area (Å²) in [5.41, 5.74) is 2.01. The molecule has 1 aliphatic rings. The highest BCUT2D eigenvalue weighted by molar-refractivity contribution is 5.95. The van der Waals surface area contributed by atoms with E-state index in [1.54, 1.807) is 13.8 Å². The van der Waals surface area contributed by atoms with Crippen LogP contribution in [0.15, 0.2) is 22.9 Å². The Hall–Kier alpha value is -1.78. The molecule has 1 heterocycles. The fourth-order valence-electron chi connectivity index (χ4n) is 1.67. The van der Waals surface area contributed by atoms with Gasteiger partial charge in [-0.2, -0.15) is 0 Å². The van der Waals surface area contributed by atoms with E-state index in [0.717, 1.165) is 5.57 Å². The van der Waals surface area contributed by atoms with Gasteiger partial charge in [-0.1, -0.05) is 11.6 Å². The summed E-state index contributed by atoms with van der Waals surface area (Å²) in [5, 5.41) is 5.25. The molecule has 0 aromatic heterocycles. The number of amides is 2. The van der Waals surface area contributed by atoms with Crippen molar-refractivity contribution in [2.45, 2.75) is 33.7 Å². The molecule has 0 saturated carbocycles. The minimum absolute atomic E-state index is 0.307. The van der Waals surface area contributed by atoms with Crippen LogP contribution in [0.2, 0.25) is 0 Å². The standard InChI is InChI=1S/C12H18N2O3/c1-5-17-11(15)10-8(4)13-12(16)14-9(10)6-7(2)3/h6,9H,5H2,1-4H3,(H2,13,14,16). The molecule has 0 bridgehead atoms. The van der Waals surface area contributed by atoms with Crippen LogP contribution < -0.4 is 10.6 Å². The van der Waals surface area contributed by atoms with E-state index in [0.29, 0.717) is 17.9 Å². The van der Waals surface area contributed by atoms with E-state index in [2.05, 4.69) is 10.6 Å².